The molecule has 5 heteroatoms. The number of amides is 1. The molecule has 0 radical (unpaired) electrons. The van der Waals surface area contributed by atoms with Gasteiger partial charge in [0.25, 0.3) is 5.91 Å². The molecular formula is C27H25ClN2OS. The molecule has 0 bridgehead atoms. The monoisotopic (exact) mass is 460 g/mol. The Labute approximate surface area is 198 Å². The number of benzene rings is 3. The van der Waals surface area contributed by atoms with Gasteiger partial charge in [-0.25, -0.2) is 4.98 Å². The summed E-state index contributed by atoms with van der Waals surface area (Å²) in [6.45, 7) is 6.95. The fourth-order valence-electron chi connectivity index (χ4n) is 3.40. The van der Waals surface area contributed by atoms with Crippen LogP contribution < -0.4 is 4.90 Å². The van der Waals surface area contributed by atoms with Crippen molar-refractivity contribution in [1.29, 1.82) is 0 Å². The van der Waals surface area contributed by atoms with Crippen LogP contribution in [-0.4, -0.2) is 10.9 Å². The van der Waals surface area contributed by atoms with Gasteiger partial charge in [-0.2, -0.15) is 0 Å². The number of halogens is 1. The summed E-state index contributed by atoms with van der Waals surface area (Å²) in [5.41, 5.74) is 4.73. The Kier molecular flexibility index (Phi) is 6.45. The molecule has 4 rings (SSSR count). The molecule has 0 saturated carbocycles. The predicted molar refractivity (Wildman–Crippen MR) is 135 cm³/mol. The summed E-state index contributed by atoms with van der Waals surface area (Å²) < 4.78 is 0. The average Bonchev–Trinajstić information content (AvgIpc) is 3.28. The summed E-state index contributed by atoms with van der Waals surface area (Å²) in [4.78, 5) is 20.1. The highest BCUT2D eigenvalue weighted by molar-refractivity contribution is 7.14. The Hall–Kier alpha value is -2.95. The summed E-state index contributed by atoms with van der Waals surface area (Å²) in [5, 5.41) is 3.33. The van der Waals surface area contributed by atoms with Gasteiger partial charge in [-0.05, 0) is 40.8 Å². The van der Waals surface area contributed by atoms with E-state index in [9.17, 15) is 4.79 Å². The molecule has 0 unspecified atom stereocenters. The average molecular weight is 461 g/mol. The summed E-state index contributed by atoms with van der Waals surface area (Å²) in [6.07, 6.45) is 0. The lowest BCUT2D eigenvalue weighted by Crippen LogP contribution is -2.30. The number of hydrogen-bond acceptors (Lipinski definition) is 3. The van der Waals surface area contributed by atoms with Crippen LogP contribution in [0.4, 0.5) is 5.13 Å². The number of rotatable bonds is 5. The van der Waals surface area contributed by atoms with Crippen molar-refractivity contribution in [2.45, 2.75) is 32.7 Å². The van der Waals surface area contributed by atoms with E-state index in [0.29, 0.717) is 22.3 Å². The maximum Gasteiger partial charge on any atom is 0.260 e. The fourth-order valence-corrected chi connectivity index (χ4v) is 4.36. The van der Waals surface area contributed by atoms with E-state index in [1.54, 1.807) is 4.90 Å². The predicted octanol–water partition coefficient (Wildman–Crippen LogP) is 7.61. The van der Waals surface area contributed by atoms with Crippen LogP contribution in [0.1, 0.15) is 42.3 Å². The molecule has 32 heavy (non-hydrogen) atoms. The molecule has 0 atom stereocenters. The third-order valence-corrected chi connectivity index (χ3v) is 6.41. The Morgan fingerprint density at radius 3 is 2.22 bits per heavy atom. The Balaban J connectivity index is 1.67. The summed E-state index contributed by atoms with van der Waals surface area (Å²) in [7, 11) is 0. The maximum atomic E-state index is 13.6. The number of aromatic nitrogens is 1. The van der Waals surface area contributed by atoms with Crippen molar-refractivity contribution in [3.05, 3.63) is 106 Å². The van der Waals surface area contributed by atoms with Crippen LogP contribution >= 0.6 is 22.9 Å². The lowest BCUT2D eigenvalue weighted by molar-refractivity contribution is 0.0985. The normalized spacial score (nSPS) is 11.4. The van der Waals surface area contributed by atoms with E-state index in [1.807, 2.05) is 84.2 Å². The lowest BCUT2D eigenvalue weighted by Gasteiger charge is -2.22. The zero-order valence-electron chi connectivity index (χ0n) is 18.4. The van der Waals surface area contributed by atoms with Crippen LogP contribution in [0.2, 0.25) is 5.02 Å². The molecule has 0 saturated heterocycles. The molecule has 4 aromatic rings. The van der Waals surface area contributed by atoms with Crippen LogP contribution in [0, 0.1) is 0 Å². The van der Waals surface area contributed by atoms with E-state index >= 15 is 0 Å². The summed E-state index contributed by atoms with van der Waals surface area (Å²) in [6, 6.07) is 25.5. The van der Waals surface area contributed by atoms with Crippen molar-refractivity contribution in [3.8, 4) is 11.3 Å². The molecule has 1 heterocycles. The molecule has 1 amide bonds. The van der Waals surface area contributed by atoms with Crippen LogP contribution in [0.3, 0.4) is 0 Å². The number of hydrogen-bond donors (Lipinski definition) is 0. The molecule has 1 aromatic heterocycles. The van der Waals surface area contributed by atoms with Gasteiger partial charge in [0.1, 0.15) is 0 Å². The van der Waals surface area contributed by atoms with Crippen molar-refractivity contribution < 1.29 is 4.79 Å². The third-order valence-electron chi connectivity index (χ3n) is 5.29. The minimum atomic E-state index is -0.0636. The molecule has 3 nitrogen and oxygen atoms in total. The SMILES string of the molecule is CC(C)(C)c1ccc(C(=O)N(Cc2ccccc2)c2nc(-c3ccc(Cl)cc3)cs2)cc1. The first kappa shape index (κ1) is 22.3. The Bertz CT molecular complexity index is 1190. The molecule has 3 aromatic carbocycles. The minimum absolute atomic E-state index is 0.0358. The second kappa shape index (κ2) is 9.27. The summed E-state index contributed by atoms with van der Waals surface area (Å²) in [5.74, 6) is -0.0636. The van der Waals surface area contributed by atoms with Crippen molar-refractivity contribution >= 4 is 34.0 Å². The van der Waals surface area contributed by atoms with Crippen LogP contribution in [0.15, 0.2) is 84.2 Å². The highest BCUT2D eigenvalue weighted by Crippen LogP contribution is 2.31. The van der Waals surface area contributed by atoms with E-state index in [-0.39, 0.29) is 11.3 Å². The van der Waals surface area contributed by atoms with Gasteiger partial charge in [0.15, 0.2) is 5.13 Å². The molecule has 0 aliphatic heterocycles. The zero-order chi connectivity index (χ0) is 22.7. The third kappa shape index (κ3) is 5.09. The second-order valence-electron chi connectivity index (χ2n) is 8.73. The van der Waals surface area contributed by atoms with Gasteiger partial charge >= 0.3 is 0 Å². The van der Waals surface area contributed by atoms with Gasteiger partial charge in [0.2, 0.25) is 0 Å². The van der Waals surface area contributed by atoms with E-state index in [1.165, 1.54) is 16.9 Å². The summed E-state index contributed by atoms with van der Waals surface area (Å²) >= 11 is 7.49. The van der Waals surface area contributed by atoms with Gasteiger partial charge in [-0.1, -0.05) is 87.0 Å². The molecule has 0 N–H and O–H groups in total. The van der Waals surface area contributed by atoms with Gasteiger partial charge in [0.05, 0.1) is 12.2 Å². The highest BCUT2D eigenvalue weighted by atomic mass is 35.5. The van der Waals surface area contributed by atoms with E-state index < -0.39 is 0 Å². The van der Waals surface area contributed by atoms with Gasteiger partial charge < -0.3 is 0 Å². The Morgan fingerprint density at radius 2 is 1.59 bits per heavy atom. The topological polar surface area (TPSA) is 33.2 Å². The van der Waals surface area contributed by atoms with Gasteiger partial charge in [0, 0.05) is 21.5 Å². The smallest absolute Gasteiger partial charge is 0.260 e. The van der Waals surface area contributed by atoms with E-state index in [0.717, 1.165) is 16.8 Å². The van der Waals surface area contributed by atoms with Crippen LogP contribution in [-0.2, 0) is 12.0 Å². The molecule has 0 spiro atoms. The fraction of sp³-hybridized carbons (Fsp3) is 0.185. The number of carbonyl (C=O) groups is 1. The number of nitrogens with zero attached hydrogens (tertiary/aromatic N) is 2. The van der Waals surface area contributed by atoms with Crippen molar-refractivity contribution in [2.75, 3.05) is 4.90 Å². The molecule has 0 fully saturated rings. The van der Waals surface area contributed by atoms with Crippen molar-refractivity contribution in [3.63, 3.8) is 0 Å². The van der Waals surface area contributed by atoms with Crippen molar-refractivity contribution in [1.82, 2.24) is 4.98 Å². The molecule has 162 valence electrons. The second-order valence-corrected chi connectivity index (χ2v) is 10.00. The first-order valence-corrected chi connectivity index (χ1v) is 11.7. The lowest BCUT2D eigenvalue weighted by atomic mass is 9.86. The first-order chi connectivity index (χ1) is 15.3. The quantitative estimate of drug-likeness (QED) is 0.307. The number of carbonyl (C=O) groups excluding carboxylic acids is 1. The maximum absolute atomic E-state index is 13.6. The van der Waals surface area contributed by atoms with Crippen LogP contribution in [0.5, 0.6) is 0 Å². The molecule has 0 aliphatic carbocycles. The molecular weight excluding hydrogens is 436 g/mol. The molecule has 0 aliphatic rings. The number of thiazole rings is 1. The first-order valence-electron chi connectivity index (χ1n) is 10.5. The van der Waals surface area contributed by atoms with Crippen molar-refractivity contribution in [2.24, 2.45) is 0 Å². The Morgan fingerprint density at radius 1 is 0.938 bits per heavy atom. The van der Waals surface area contributed by atoms with Crippen LogP contribution in [0.25, 0.3) is 11.3 Å². The highest BCUT2D eigenvalue weighted by Gasteiger charge is 2.22. The standard InChI is InChI=1S/C27H25ClN2OS/c1-27(2,3)22-13-9-21(10-14-22)25(31)30(17-19-7-5-4-6-8-19)26-29-24(18-32-26)20-11-15-23(28)16-12-20/h4-16,18H,17H2,1-3H3. The zero-order valence-corrected chi connectivity index (χ0v) is 20.0. The largest absolute Gasteiger partial charge is 0.279 e. The van der Waals surface area contributed by atoms with Gasteiger partial charge in [-0.15, -0.1) is 11.3 Å². The minimum Gasteiger partial charge on any atom is -0.279 e. The van der Waals surface area contributed by atoms with Gasteiger partial charge in [-0.3, -0.25) is 9.69 Å². The van der Waals surface area contributed by atoms with E-state index in [2.05, 4.69) is 20.8 Å². The van der Waals surface area contributed by atoms with E-state index in [4.69, 9.17) is 16.6 Å². The number of anilines is 1.